The Morgan fingerprint density at radius 2 is 1.83 bits per heavy atom. The summed E-state index contributed by atoms with van der Waals surface area (Å²) in [6, 6.07) is 16.6. The second-order valence-corrected chi connectivity index (χ2v) is 9.49. The highest BCUT2D eigenvalue weighted by molar-refractivity contribution is 6.30. The Morgan fingerprint density at radius 1 is 1.11 bits per heavy atom. The van der Waals surface area contributed by atoms with Gasteiger partial charge in [-0.05, 0) is 75.7 Å². The predicted octanol–water partition coefficient (Wildman–Crippen LogP) is 5.07. The van der Waals surface area contributed by atoms with Crippen LogP contribution in [-0.2, 0) is 16.1 Å². The summed E-state index contributed by atoms with van der Waals surface area (Å²) in [7, 11) is 0. The van der Waals surface area contributed by atoms with Gasteiger partial charge in [-0.25, -0.2) is 4.68 Å². The number of benzene rings is 2. The molecular formula is C26H28ClN5O3. The Balaban J connectivity index is 1.79. The molecule has 2 amide bonds. The molecule has 0 aliphatic heterocycles. The molecule has 1 atom stereocenters. The summed E-state index contributed by atoms with van der Waals surface area (Å²) in [6.45, 7) is 7.54. The number of furan rings is 1. The number of hydrogen-bond acceptors (Lipinski definition) is 5. The number of halogens is 1. The number of amides is 2. The molecule has 2 aromatic heterocycles. The van der Waals surface area contributed by atoms with E-state index in [4.69, 9.17) is 16.0 Å². The zero-order valence-electron chi connectivity index (χ0n) is 20.2. The van der Waals surface area contributed by atoms with Crippen LogP contribution in [-0.4, -0.2) is 32.3 Å². The summed E-state index contributed by atoms with van der Waals surface area (Å²) in [6.07, 6.45) is 0.711. The standard InChI is InChI=1S/C26H28ClN5O3/c1-5-26(3,4)28-25(34)24(22-15-10-17(2)35-22)32(19-13-11-18(27)12-14-19)23(33)16-31-21-9-7-6-8-20(21)29-30-31/h6-15,24H,5,16H2,1-4H3,(H,28,34)/t24-/m1/s1. The number of nitrogens with zero attached hydrogens (tertiary/aromatic N) is 4. The smallest absolute Gasteiger partial charge is 0.251 e. The molecule has 182 valence electrons. The Hall–Kier alpha value is -3.65. The van der Waals surface area contributed by atoms with Crippen molar-refractivity contribution in [2.45, 2.75) is 52.2 Å². The van der Waals surface area contributed by atoms with Crippen LogP contribution >= 0.6 is 11.6 Å². The number of anilines is 1. The third-order valence-corrected chi connectivity index (χ3v) is 6.21. The van der Waals surface area contributed by atoms with Gasteiger partial charge in [0.2, 0.25) is 5.91 Å². The molecule has 0 bridgehead atoms. The SMILES string of the molecule is CCC(C)(C)NC(=O)[C@@H](c1ccc(C)o1)N(C(=O)Cn1nnc2ccccc21)c1ccc(Cl)cc1. The summed E-state index contributed by atoms with van der Waals surface area (Å²) < 4.78 is 7.41. The molecule has 0 saturated carbocycles. The molecule has 35 heavy (non-hydrogen) atoms. The van der Waals surface area contributed by atoms with E-state index >= 15 is 0 Å². The number of rotatable bonds is 8. The molecular weight excluding hydrogens is 466 g/mol. The highest BCUT2D eigenvalue weighted by Crippen LogP contribution is 2.31. The predicted molar refractivity (Wildman–Crippen MR) is 135 cm³/mol. The van der Waals surface area contributed by atoms with Crippen molar-refractivity contribution in [3.05, 3.63) is 77.2 Å². The van der Waals surface area contributed by atoms with Gasteiger partial charge in [0.1, 0.15) is 23.6 Å². The average Bonchev–Trinajstić information content (AvgIpc) is 3.44. The van der Waals surface area contributed by atoms with E-state index in [0.717, 1.165) is 5.52 Å². The Morgan fingerprint density at radius 3 is 2.49 bits per heavy atom. The molecule has 2 aromatic carbocycles. The number of fused-ring (bicyclic) bond motifs is 1. The minimum Gasteiger partial charge on any atom is -0.464 e. The van der Waals surface area contributed by atoms with Crippen LogP contribution in [0.3, 0.4) is 0 Å². The third kappa shape index (κ3) is 5.38. The van der Waals surface area contributed by atoms with E-state index in [0.29, 0.717) is 34.2 Å². The minimum atomic E-state index is -1.04. The quantitative estimate of drug-likeness (QED) is 0.370. The number of carbonyl (C=O) groups is 2. The maximum absolute atomic E-state index is 13.9. The zero-order valence-corrected chi connectivity index (χ0v) is 20.9. The van der Waals surface area contributed by atoms with Crippen LogP contribution in [0.2, 0.25) is 5.02 Å². The van der Waals surface area contributed by atoms with E-state index in [1.807, 2.05) is 45.0 Å². The van der Waals surface area contributed by atoms with Gasteiger partial charge in [-0.1, -0.05) is 35.9 Å². The molecule has 0 aliphatic rings. The summed E-state index contributed by atoms with van der Waals surface area (Å²) in [5.74, 6) is 0.293. The van der Waals surface area contributed by atoms with Gasteiger partial charge in [-0.3, -0.25) is 14.5 Å². The Bertz CT molecular complexity index is 1340. The van der Waals surface area contributed by atoms with E-state index in [9.17, 15) is 9.59 Å². The van der Waals surface area contributed by atoms with Gasteiger partial charge in [0.25, 0.3) is 5.91 Å². The van der Waals surface area contributed by atoms with E-state index < -0.39 is 11.6 Å². The summed E-state index contributed by atoms with van der Waals surface area (Å²) in [5, 5.41) is 11.9. The summed E-state index contributed by atoms with van der Waals surface area (Å²) >= 11 is 6.12. The summed E-state index contributed by atoms with van der Waals surface area (Å²) in [5.41, 5.74) is 1.43. The van der Waals surface area contributed by atoms with Crippen LogP contribution in [0, 0.1) is 6.92 Å². The number of hydrogen-bond donors (Lipinski definition) is 1. The summed E-state index contributed by atoms with van der Waals surface area (Å²) in [4.78, 5) is 29.0. The molecule has 0 fully saturated rings. The van der Waals surface area contributed by atoms with Crippen molar-refractivity contribution in [2.75, 3.05) is 4.90 Å². The first-order valence-electron chi connectivity index (χ1n) is 11.4. The van der Waals surface area contributed by atoms with Gasteiger partial charge < -0.3 is 9.73 Å². The number of para-hydroxylation sites is 1. The fraction of sp³-hybridized carbons (Fsp3) is 0.308. The van der Waals surface area contributed by atoms with Crippen molar-refractivity contribution in [3.63, 3.8) is 0 Å². The van der Waals surface area contributed by atoms with Crippen molar-refractivity contribution in [1.82, 2.24) is 20.3 Å². The molecule has 0 radical (unpaired) electrons. The van der Waals surface area contributed by atoms with Gasteiger partial charge in [0.05, 0.1) is 5.52 Å². The maximum Gasteiger partial charge on any atom is 0.251 e. The van der Waals surface area contributed by atoms with E-state index in [2.05, 4.69) is 15.6 Å². The Kier molecular flexibility index (Phi) is 6.93. The van der Waals surface area contributed by atoms with E-state index in [1.54, 1.807) is 43.3 Å². The van der Waals surface area contributed by atoms with Crippen LogP contribution < -0.4 is 10.2 Å². The molecule has 9 heteroatoms. The van der Waals surface area contributed by atoms with E-state index in [-0.39, 0.29) is 18.4 Å². The molecule has 0 spiro atoms. The average molecular weight is 494 g/mol. The molecule has 2 heterocycles. The second-order valence-electron chi connectivity index (χ2n) is 9.05. The van der Waals surface area contributed by atoms with Crippen LogP contribution in [0.25, 0.3) is 11.0 Å². The fourth-order valence-corrected chi connectivity index (χ4v) is 3.87. The number of aromatic nitrogens is 3. The monoisotopic (exact) mass is 493 g/mol. The molecule has 0 saturated heterocycles. The molecule has 1 N–H and O–H groups in total. The molecule has 0 aliphatic carbocycles. The number of aryl methyl sites for hydroxylation is 1. The van der Waals surface area contributed by atoms with Gasteiger partial charge in [0, 0.05) is 16.2 Å². The fourth-order valence-electron chi connectivity index (χ4n) is 3.74. The molecule has 4 aromatic rings. The van der Waals surface area contributed by atoms with Crippen molar-refractivity contribution >= 4 is 40.1 Å². The molecule has 0 unspecified atom stereocenters. The highest BCUT2D eigenvalue weighted by Gasteiger charge is 2.37. The lowest BCUT2D eigenvalue weighted by molar-refractivity contribution is -0.128. The van der Waals surface area contributed by atoms with Crippen molar-refractivity contribution < 1.29 is 14.0 Å². The lowest BCUT2D eigenvalue weighted by Gasteiger charge is -2.33. The topological polar surface area (TPSA) is 93.3 Å². The highest BCUT2D eigenvalue weighted by atomic mass is 35.5. The van der Waals surface area contributed by atoms with Crippen molar-refractivity contribution in [1.29, 1.82) is 0 Å². The first-order valence-corrected chi connectivity index (χ1v) is 11.8. The lowest BCUT2D eigenvalue weighted by atomic mass is 10.0. The number of carbonyl (C=O) groups excluding carboxylic acids is 2. The molecule has 4 rings (SSSR count). The van der Waals surface area contributed by atoms with Crippen LogP contribution in [0.4, 0.5) is 5.69 Å². The Labute approximate surface area is 208 Å². The number of nitrogens with one attached hydrogen (secondary N) is 1. The first kappa shape index (κ1) is 24.5. The minimum absolute atomic E-state index is 0.121. The van der Waals surface area contributed by atoms with Gasteiger partial charge in [-0.15, -0.1) is 5.10 Å². The first-order chi connectivity index (χ1) is 16.7. The lowest BCUT2D eigenvalue weighted by Crippen LogP contribution is -2.51. The normalized spacial score (nSPS) is 12.5. The van der Waals surface area contributed by atoms with Gasteiger partial charge >= 0.3 is 0 Å². The maximum atomic E-state index is 13.9. The van der Waals surface area contributed by atoms with E-state index in [1.165, 1.54) is 9.58 Å². The third-order valence-electron chi connectivity index (χ3n) is 5.96. The van der Waals surface area contributed by atoms with Crippen LogP contribution in [0.1, 0.15) is 44.8 Å². The molecule has 8 nitrogen and oxygen atoms in total. The van der Waals surface area contributed by atoms with Crippen molar-refractivity contribution in [2.24, 2.45) is 0 Å². The van der Waals surface area contributed by atoms with Gasteiger partial charge in [0.15, 0.2) is 6.04 Å². The largest absolute Gasteiger partial charge is 0.464 e. The second kappa shape index (κ2) is 9.92. The van der Waals surface area contributed by atoms with Crippen molar-refractivity contribution in [3.8, 4) is 0 Å². The zero-order chi connectivity index (χ0) is 25.2. The van der Waals surface area contributed by atoms with Crippen LogP contribution in [0.15, 0.2) is 65.1 Å². The van der Waals surface area contributed by atoms with Gasteiger partial charge in [-0.2, -0.15) is 0 Å². The van der Waals surface area contributed by atoms with Crippen LogP contribution in [0.5, 0.6) is 0 Å².